The number of nitrogens with one attached hydrogen (secondary N) is 1. The van der Waals surface area contributed by atoms with Gasteiger partial charge in [-0.05, 0) is 45.8 Å². The van der Waals surface area contributed by atoms with E-state index in [9.17, 15) is 0 Å². The molecule has 2 nitrogen and oxygen atoms in total. The van der Waals surface area contributed by atoms with Crippen LogP contribution in [0, 0.1) is 0 Å². The first-order valence-corrected chi connectivity index (χ1v) is 7.25. The van der Waals surface area contributed by atoms with Crippen LogP contribution in [0.15, 0.2) is 0 Å². The standard InChI is InChI=1S/C14H30N2/c1-4-15-13(3)11-12-16(5-2)14-9-7-6-8-10-14/h13-15H,4-12H2,1-3H3. The van der Waals surface area contributed by atoms with Gasteiger partial charge in [0.1, 0.15) is 0 Å². The Kier molecular flexibility index (Phi) is 7.06. The highest BCUT2D eigenvalue weighted by Crippen LogP contribution is 2.22. The molecular formula is C14H30N2. The van der Waals surface area contributed by atoms with Crippen LogP contribution in [-0.2, 0) is 0 Å². The molecule has 0 aliphatic heterocycles. The molecule has 1 unspecified atom stereocenters. The second kappa shape index (κ2) is 8.08. The normalized spacial score (nSPS) is 20.2. The van der Waals surface area contributed by atoms with Crippen molar-refractivity contribution in [1.82, 2.24) is 10.2 Å². The fourth-order valence-corrected chi connectivity index (χ4v) is 2.86. The van der Waals surface area contributed by atoms with Crippen LogP contribution in [-0.4, -0.2) is 36.6 Å². The Morgan fingerprint density at radius 3 is 2.44 bits per heavy atom. The monoisotopic (exact) mass is 226 g/mol. The molecule has 0 saturated heterocycles. The Balaban J connectivity index is 2.24. The minimum atomic E-state index is 0.669. The summed E-state index contributed by atoms with van der Waals surface area (Å²) in [6.45, 7) is 10.4. The predicted octanol–water partition coefficient (Wildman–Crippen LogP) is 3.03. The maximum Gasteiger partial charge on any atom is 0.00951 e. The molecule has 0 amide bonds. The zero-order chi connectivity index (χ0) is 11.8. The van der Waals surface area contributed by atoms with Crippen LogP contribution in [0.5, 0.6) is 0 Å². The Labute approximate surface area is 102 Å². The first-order chi connectivity index (χ1) is 7.77. The van der Waals surface area contributed by atoms with E-state index in [1.807, 2.05) is 0 Å². The van der Waals surface area contributed by atoms with E-state index < -0.39 is 0 Å². The lowest BCUT2D eigenvalue weighted by molar-refractivity contribution is 0.157. The highest BCUT2D eigenvalue weighted by Gasteiger charge is 2.19. The van der Waals surface area contributed by atoms with E-state index in [-0.39, 0.29) is 0 Å². The van der Waals surface area contributed by atoms with E-state index in [1.165, 1.54) is 51.6 Å². The molecule has 1 aliphatic rings. The summed E-state index contributed by atoms with van der Waals surface area (Å²) in [6.07, 6.45) is 8.51. The van der Waals surface area contributed by atoms with Crippen LogP contribution in [0.3, 0.4) is 0 Å². The quantitative estimate of drug-likeness (QED) is 0.718. The van der Waals surface area contributed by atoms with Crippen molar-refractivity contribution in [2.24, 2.45) is 0 Å². The third kappa shape index (κ3) is 4.84. The largest absolute Gasteiger partial charge is 0.314 e. The molecule has 1 rings (SSSR count). The third-order valence-electron chi connectivity index (χ3n) is 3.90. The topological polar surface area (TPSA) is 15.3 Å². The van der Waals surface area contributed by atoms with Gasteiger partial charge in [0.2, 0.25) is 0 Å². The van der Waals surface area contributed by atoms with E-state index in [2.05, 4.69) is 31.0 Å². The molecule has 0 heterocycles. The molecule has 0 bridgehead atoms. The van der Waals surface area contributed by atoms with Crippen molar-refractivity contribution >= 4 is 0 Å². The van der Waals surface area contributed by atoms with E-state index >= 15 is 0 Å². The van der Waals surface area contributed by atoms with Crippen molar-refractivity contribution in [1.29, 1.82) is 0 Å². The summed E-state index contributed by atoms with van der Waals surface area (Å²) in [7, 11) is 0. The lowest BCUT2D eigenvalue weighted by Gasteiger charge is -2.34. The van der Waals surface area contributed by atoms with Crippen molar-refractivity contribution in [3.8, 4) is 0 Å². The minimum Gasteiger partial charge on any atom is -0.314 e. The third-order valence-corrected chi connectivity index (χ3v) is 3.90. The summed E-state index contributed by atoms with van der Waals surface area (Å²) >= 11 is 0. The Bertz CT molecular complexity index is 164. The van der Waals surface area contributed by atoms with E-state index in [1.54, 1.807) is 0 Å². The van der Waals surface area contributed by atoms with Gasteiger partial charge in [0.15, 0.2) is 0 Å². The second-order valence-electron chi connectivity index (χ2n) is 5.17. The Morgan fingerprint density at radius 1 is 1.19 bits per heavy atom. The van der Waals surface area contributed by atoms with Crippen molar-refractivity contribution in [2.75, 3.05) is 19.6 Å². The first kappa shape index (κ1) is 14.0. The molecule has 1 aliphatic carbocycles. The van der Waals surface area contributed by atoms with Crippen LogP contribution in [0.2, 0.25) is 0 Å². The fourth-order valence-electron chi connectivity index (χ4n) is 2.86. The first-order valence-electron chi connectivity index (χ1n) is 7.25. The summed E-state index contributed by atoms with van der Waals surface area (Å²) in [5.74, 6) is 0. The summed E-state index contributed by atoms with van der Waals surface area (Å²) in [5, 5.41) is 3.50. The van der Waals surface area contributed by atoms with Gasteiger partial charge in [-0.1, -0.05) is 33.1 Å². The zero-order valence-electron chi connectivity index (χ0n) is 11.5. The summed E-state index contributed by atoms with van der Waals surface area (Å²) < 4.78 is 0. The van der Waals surface area contributed by atoms with Gasteiger partial charge >= 0.3 is 0 Å². The molecule has 96 valence electrons. The van der Waals surface area contributed by atoms with Gasteiger partial charge in [-0.25, -0.2) is 0 Å². The van der Waals surface area contributed by atoms with E-state index in [0.717, 1.165) is 12.6 Å². The lowest BCUT2D eigenvalue weighted by Crippen LogP contribution is -2.39. The van der Waals surface area contributed by atoms with Crippen molar-refractivity contribution in [3.63, 3.8) is 0 Å². The zero-order valence-corrected chi connectivity index (χ0v) is 11.5. The average Bonchev–Trinajstić information content (AvgIpc) is 2.31. The van der Waals surface area contributed by atoms with Gasteiger partial charge in [-0.3, -0.25) is 0 Å². The van der Waals surface area contributed by atoms with E-state index in [0.29, 0.717) is 6.04 Å². The highest BCUT2D eigenvalue weighted by molar-refractivity contribution is 4.76. The molecule has 0 spiro atoms. The molecule has 1 N–H and O–H groups in total. The van der Waals surface area contributed by atoms with Crippen LogP contribution >= 0.6 is 0 Å². The maximum absolute atomic E-state index is 3.50. The number of rotatable bonds is 7. The fraction of sp³-hybridized carbons (Fsp3) is 1.00. The number of hydrogen-bond acceptors (Lipinski definition) is 2. The van der Waals surface area contributed by atoms with Gasteiger partial charge in [0.05, 0.1) is 0 Å². The summed E-state index contributed by atoms with van der Waals surface area (Å²) in [4.78, 5) is 2.70. The van der Waals surface area contributed by atoms with Crippen LogP contribution < -0.4 is 5.32 Å². The van der Waals surface area contributed by atoms with E-state index in [4.69, 9.17) is 0 Å². The van der Waals surface area contributed by atoms with Crippen LogP contribution in [0.25, 0.3) is 0 Å². The molecule has 2 heteroatoms. The van der Waals surface area contributed by atoms with Gasteiger partial charge in [-0.15, -0.1) is 0 Å². The van der Waals surface area contributed by atoms with Crippen LogP contribution in [0.1, 0.15) is 59.3 Å². The number of hydrogen-bond donors (Lipinski definition) is 1. The molecule has 0 aromatic carbocycles. The van der Waals surface area contributed by atoms with Crippen molar-refractivity contribution in [3.05, 3.63) is 0 Å². The van der Waals surface area contributed by atoms with Crippen LogP contribution in [0.4, 0.5) is 0 Å². The smallest absolute Gasteiger partial charge is 0.00951 e. The van der Waals surface area contributed by atoms with Gasteiger partial charge in [0.25, 0.3) is 0 Å². The molecule has 16 heavy (non-hydrogen) atoms. The minimum absolute atomic E-state index is 0.669. The predicted molar refractivity (Wildman–Crippen MR) is 71.9 cm³/mol. The van der Waals surface area contributed by atoms with Gasteiger partial charge in [-0.2, -0.15) is 0 Å². The van der Waals surface area contributed by atoms with Crippen molar-refractivity contribution in [2.45, 2.75) is 71.4 Å². The van der Waals surface area contributed by atoms with Gasteiger partial charge < -0.3 is 10.2 Å². The second-order valence-corrected chi connectivity index (χ2v) is 5.17. The molecule has 1 fully saturated rings. The summed E-state index contributed by atoms with van der Waals surface area (Å²) in [6, 6.07) is 1.55. The maximum atomic E-state index is 3.50. The molecule has 0 radical (unpaired) electrons. The molecule has 0 aromatic rings. The van der Waals surface area contributed by atoms with Crippen molar-refractivity contribution < 1.29 is 0 Å². The molecular weight excluding hydrogens is 196 g/mol. The Hall–Kier alpha value is -0.0800. The average molecular weight is 226 g/mol. The number of nitrogens with zero attached hydrogens (tertiary/aromatic N) is 1. The Morgan fingerprint density at radius 2 is 1.88 bits per heavy atom. The molecule has 1 atom stereocenters. The lowest BCUT2D eigenvalue weighted by atomic mass is 9.94. The highest BCUT2D eigenvalue weighted by atomic mass is 15.1. The van der Waals surface area contributed by atoms with Gasteiger partial charge in [0, 0.05) is 12.1 Å². The molecule has 0 aromatic heterocycles. The summed E-state index contributed by atoms with van der Waals surface area (Å²) in [5.41, 5.74) is 0. The molecule has 1 saturated carbocycles. The SMILES string of the molecule is CCNC(C)CCN(CC)C1CCCCC1.